The summed E-state index contributed by atoms with van der Waals surface area (Å²) in [5.74, 6) is 0.796. The molecule has 1 atom stereocenters. The normalized spacial score (nSPS) is 15.2. The molecule has 0 aromatic carbocycles. The minimum absolute atomic E-state index is 0.0248. The van der Waals surface area contributed by atoms with Crippen LogP contribution in [0.5, 0.6) is 0 Å². The van der Waals surface area contributed by atoms with Gasteiger partial charge in [0.2, 0.25) is 5.91 Å². The third kappa shape index (κ3) is 3.61. The second-order valence-electron chi connectivity index (χ2n) is 5.44. The Balaban J connectivity index is 1.82. The van der Waals surface area contributed by atoms with Crippen molar-refractivity contribution >= 4 is 17.7 Å². The largest absolute Gasteiger partial charge is 0.352 e. The lowest BCUT2D eigenvalue weighted by Crippen LogP contribution is -2.31. The van der Waals surface area contributed by atoms with Gasteiger partial charge < -0.3 is 5.32 Å². The summed E-state index contributed by atoms with van der Waals surface area (Å²) >= 11 is 1.44. The molecule has 0 bridgehead atoms. The number of carbonyl (C=O) groups is 1. The van der Waals surface area contributed by atoms with Crippen LogP contribution in [0.25, 0.3) is 11.4 Å². The number of thioether (sulfide) groups is 1. The van der Waals surface area contributed by atoms with Gasteiger partial charge in [0, 0.05) is 30.5 Å². The molecule has 2 aromatic rings. The molecule has 1 aliphatic rings. The number of nitrogens with one attached hydrogen (secondary N) is 1. The monoisotopic (exact) mass is 329 g/mol. The first-order chi connectivity index (χ1) is 11.2. The summed E-state index contributed by atoms with van der Waals surface area (Å²) in [6, 6.07) is 4.29. The van der Waals surface area contributed by atoms with E-state index >= 15 is 0 Å². The first-order valence-electron chi connectivity index (χ1n) is 7.61. The van der Waals surface area contributed by atoms with Gasteiger partial charge in [-0.25, -0.2) is 0 Å². The Bertz CT molecular complexity index is 696. The minimum Gasteiger partial charge on any atom is -0.352 e. The predicted molar refractivity (Wildman–Crippen MR) is 90.0 cm³/mol. The van der Waals surface area contributed by atoms with Gasteiger partial charge in [-0.1, -0.05) is 17.8 Å². The molecule has 1 N–H and O–H groups in total. The van der Waals surface area contributed by atoms with Crippen molar-refractivity contribution in [3.63, 3.8) is 0 Å². The third-order valence-corrected chi connectivity index (χ3v) is 4.63. The van der Waals surface area contributed by atoms with Gasteiger partial charge in [0.25, 0.3) is 0 Å². The van der Waals surface area contributed by atoms with Crippen molar-refractivity contribution in [3.05, 3.63) is 37.2 Å². The highest BCUT2D eigenvalue weighted by Gasteiger charge is 2.31. The molecule has 2 aromatic heterocycles. The molecule has 120 valence electrons. The van der Waals surface area contributed by atoms with E-state index in [0.29, 0.717) is 12.6 Å². The highest BCUT2D eigenvalue weighted by Crippen LogP contribution is 2.41. The average Bonchev–Trinajstić information content (AvgIpc) is 3.34. The highest BCUT2D eigenvalue weighted by atomic mass is 32.2. The zero-order valence-corrected chi connectivity index (χ0v) is 13.8. The van der Waals surface area contributed by atoms with Crippen LogP contribution in [0.2, 0.25) is 0 Å². The lowest BCUT2D eigenvalue weighted by Gasteiger charge is -2.12. The van der Waals surface area contributed by atoms with Crippen molar-refractivity contribution < 1.29 is 4.79 Å². The van der Waals surface area contributed by atoms with Crippen LogP contribution in [0.15, 0.2) is 42.3 Å². The second-order valence-corrected chi connectivity index (χ2v) is 6.75. The van der Waals surface area contributed by atoms with Crippen LogP contribution < -0.4 is 5.32 Å². The fourth-order valence-electron chi connectivity index (χ4n) is 2.24. The van der Waals surface area contributed by atoms with E-state index < -0.39 is 0 Å². The standard InChI is InChI=1S/C16H19N5OS/c1-3-8-18-15(22)11(2)23-16-20-19-14(21(16)13-6-7-13)12-5-4-9-17-10-12/h3-5,9-11,13H,1,6-8H2,2H3,(H,18,22)/t11-/m0/s1. The lowest BCUT2D eigenvalue weighted by molar-refractivity contribution is -0.120. The topological polar surface area (TPSA) is 72.7 Å². The molecule has 0 unspecified atom stereocenters. The summed E-state index contributed by atoms with van der Waals surface area (Å²) in [7, 11) is 0. The molecule has 3 rings (SSSR count). The lowest BCUT2D eigenvalue weighted by atomic mass is 10.3. The molecule has 1 amide bonds. The number of hydrogen-bond donors (Lipinski definition) is 1. The molecule has 0 radical (unpaired) electrons. The number of rotatable bonds is 7. The van der Waals surface area contributed by atoms with Gasteiger partial charge in [-0.15, -0.1) is 16.8 Å². The van der Waals surface area contributed by atoms with E-state index in [9.17, 15) is 4.79 Å². The molecule has 6 nitrogen and oxygen atoms in total. The van der Waals surface area contributed by atoms with E-state index in [-0.39, 0.29) is 11.2 Å². The first kappa shape index (κ1) is 15.7. The van der Waals surface area contributed by atoms with Crippen LogP contribution in [0, 0.1) is 0 Å². The molecule has 1 aliphatic carbocycles. The number of amides is 1. The van der Waals surface area contributed by atoms with Gasteiger partial charge in [0.1, 0.15) is 0 Å². The molecule has 1 saturated carbocycles. The third-order valence-electron chi connectivity index (χ3n) is 3.57. The maximum Gasteiger partial charge on any atom is 0.233 e. The predicted octanol–water partition coefficient (Wildman–Crippen LogP) is 2.46. The number of carbonyl (C=O) groups excluding carboxylic acids is 1. The number of pyridine rings is 1. The quantitative estimate of drug-likeness (QED) is 0.624. The molecule has 7 heteroatoms. The molecular formula is C16H19N5OS. The SMILES string of the molecule is C=CCNC(=O)[C@H](C)Sc1nnc(-c2cccnc2)n1C1CC1. The Labute approximate surface area is 139 Å². The molecule has 2 heterocycles. The summed E-state index contributed by atoms with van der Waals surface area (Å²) in [5.41, 5.74) is 0.947. The Morgan fingerprint density at radius 1 is 1.57 bits per heavy atom. The summed E-state index contributed by atoms with van der Waals surface area (Å²) in [6.45, 7) is 5.95. The van der Waals surface area contributed by atoms with Crippen LogP contribution in [0.3, 0.4) is 0 Å². The molecule has 0 saturated heterocycles. The van der Waals surface area contributed by atoms with E-state index in [2.05, 4.69) is 31.6 Å². The van der Waals surface area contributed by atoms with Gasteiger partial charge in [-0.2, -0.15) is 0 Å². The fraction of sp³-hybridized carbons (Fsp3) is 0.375. The number of aromatic nitrogens is 4. The van der Waals surface area contributed by atoms with Crippen LogP contribution in [-0.2, 0) is 4.79 Å². The van der Waals surface area contributed by atoms with Crippen LogP contribution in [-0.4, -0.2) is 37.5 Å². The van der Waals surface area contributed by atoms with E-state index in [1.54, 1.807) is 18.5 Å². The van der Waals surface area contributed by atoms with Gasteiger partial charge in [-0.3, -0.25) is 14.3 Å². The van der Waals surface area contributed by atoms with Crippen LogP contribution >= 0.6 is 11.8 Å². The Kier molecular flexibility index (Phi) is 4.76. The Morgan fingerprint density at radius 2 is 2.39 bits per heavy atom. The minimum atomic E-state index is -0.238. The molecule has 1 fully saturated rings. The first-order valence-corrected chi connectivity index (χ1v) is 8.49. The van der Waals surface area contributed by atoms with Crippen molar-refractivity contribution in [1.82, 2.24) is 25.1 Å². The second kappa shape index (κ2) is 6.95. The van der Waals surface area contributed by atoms with E-state index in [1.807, 2.05) is 19.1 Å². The summed E-state index contributed by atoms with van der Waals surface area (Å²) in [5, 5.41) is 12.0. The van der Waals surface area contributed by atoms with Gasteiger partial charge in [-0.05, 0) is 31.9 Å². The van der Waals surface area contributed by atoms with Crippen LogP contribution in [0.1, 0.15) is 25.8 Å². The average molecular weight is 329 g/mol. The number of hydrogen-bond acceptors (Lipinski definition) is 5. The molecular weight excluding hydrogens is 310 g/mol. The zero-order valence-electron chi connectivity index (χ0n) is 13.0. The fourth-order valence-corrected chi connectivity index (χ4v) is 3.18. The van der Waals surface area contributed by atoms with Gasteiger partial charge in [0.15, 0.2) is 11.0 Å². The summed E-state index contributed by atoms with van der Waals surface area (Å²) in [6.07, 6.45) is 7.44. The summed E-state index contributed by atoms with van der Waals surface area (Å²) < 4.78 is 2.14. The molecule has 0 spiro atoms. The van der Waals surface area contributed by atoms with Crippen molar-refractivity contribution in [3.8, 4) is 11.4 Å². The van der Waals surface area contributed by atoms with E-state index in [0.717, 1.165) is 29.4 Å². The van der Waals surface area contributed by atoms with Crippen molar-refractivity contribution in [2.75, 3.05) is 6.54 Å². The number of nitrogens with zero attached hydrogens (tertiary/aromatic N) is 4. The van der Waals surface area contributed by atoms with E-state index in [1.165, 1.54) is 11.8 Å². The van der Waals surface area contributed by atoms with Crippen molar-refractivity contribution in [1.29, 1.82) is 0 Å². The molecule has 0 aliphatic heterocycles. The zero-order chi connectivity index (χ0) is 16.2. The Morgan fingerprint density at radius 3 is 3.04 bits per heavy atom. The van der Waals surface area contributed by atoms with Crippen LogP contribution in [0.4, 0.5) is 0 Å². The summed E-state index contributed by atoms with van der Waals surface area (Å²) in [4.78, 5) is 16.2. The van der Waals surface area contributed by atoms with Crippen molar-refractivity contribution in [2.24, 2.45) is 0 Å². The maximum absolute atomic E-state index is 12.0. The van der Waals surface area contributed by atoms with Gasteiger partial charge in [0.05, 0.1) is 5.25 Å². The van der Waals surface area contributed by atoms with Gasteiger partial charge >= 0.3 is 0 Å². The van der Waals surface area contributed by atoms with E-state index in [4.69, 9.17) is 0 Å². The maximum atomic E-state index is 12.0. The smallest absolute Gasteiger partial charge is 0.233 e. The molecule has 23 heavy (non-hydrogen) atoms. The highest BCUT2D eigenvalue weighted by molar-refractivity contribution is 8.00. The Hall–Kier alpha value is -2.15. The van der Waals surface area contributed by atoms with Crippen molar-refractivity contribution in [2.45, 2.75) is 36.2 Å².